The Morgan fingerprint density at radius 3 is 2.51 bits per heavy atom. The monoisotopic (exact) mass is 677 g/mol. The van der Waals surface area contributed by atoms with Crippen LogP contribution in [0.3, 0.4) is 0 Å². The number of carbonyl (C=O) groups excluding carboxylic acids is 4. The number of amides is 2. The number of fused-ring (bicyclic) bond motifs is 3. The number of hydrogen-bond donors (Lipinski definition) is 6. The number of aromatic hydroxyl groups is 2. The van der Waals surface area contributed by atoms with Crippen molar-refractivity contribution < 1.29 is 58.9 Å². The van der Waals surface area contributed by atoms with Gasteiger partial charge in [0.1, 0.15) is 35.6 Å². The molecule has 0 aromatic heterocycles. The summed E-state index contributed by atoms with van der Waals surface area (Å²) >= 11 is 5.61. The highest BCUT2D eigenvalue weighted by atomic mass is 35.5. The van der Waals surface area contributed by atoms with E-state index in [4.69, 9.17) is 25.8 Å². The van der Waals surface area contributed by atoms with E-state index in [1.54, 1.807) is 0 Å². The molecule has 16 nitrogen and oxygen atoms in total. The van der Waals surface area contributed by atoms with Crippen LogP contribution in [0.4, 0.5) is 4.79 Å². The Balaban J connectivity index is 1.57. The second kappa shape index (κ2) is 13.1. The number of alkyl halides is 1. The zero-order valence-corrected chi connectivity index (χ0v) is 25.9. The molecule has 0 radical (unpaired) electrons. The predicted molar refractivity (Wildman–Crippen MR) is 159 cm³/mol. The first-order chi connectivity index (χ1) is 22.3. The summed E-state index contributed by atoms with van der Waals surface area (Å²) in [4.78, 5) is 63.9. The first-order valence-electron chi connectivity index (χ1n) is 14.5. The Morgan fingerprint density at radius 1 is 1.17 bits per heavy atom. The maximum absolute atomic E-state index is 13.8. The van der Waals surface area contributed by atoms with Crippen LogP contribution < -0.4 is 10.1 Å². The van der Waals surface area contributed by atoms with Crippen molar-refractivity contribution in [2.75, 3.05) is 26.1 Å². The van der Waals surface area contributed by atoms with Crippen molar-refractivity contribution in [3.8, 4) is 17.2 Å². The van der Waals surface area contributed by atoms with Crippen LogP contribution in [0.5, 0.6) is 17.2 Å². The molecule has 1 fully saturated rings. The summed E-state index contributed by atoms with van der Waals surface area (Å²) in [6.07, 6.45) is -6.62. The highest BCUT2D eigenvalue weighted by Gasteiger charge is 2.50. The second-order valence-corrected chi connectivity index (χ2v) is 11.8. The molecule has 252 valence electrons. The van der Waals surface area contributed by atoms with Crippen LogP contribution in [0, 0.1) is 4.91 Å². The molecule has 17 heteroatoms. The van der Waals surface area contributed by atoms with Crippen LogP contribution in [0.1, 0.15) is 68.8 Å². The van der Waals surface area contributed by atoms with Gasteiger partial charge in [0.15, 0.2) is 17.9 Å². The number of urea groups is 1. The van der Waals surface area contributed by atoms with E-state index in [1.165, 1.54) is 32.2 Å². The van der Waals surface area contributed by atoms with E-state index in [0.29, 0.717) is 5.01 Å². The smallest absolute Gasteiger partial charge is 0.340 e. The zero-order valence-electron chi connectivity index (χ0n) is 25.1. The predicted octanol–water partition coefficient (Wildman–Crippen LogP) is 0.974. The minimum absolute atomic E-state index is 0.0458. The summed E-state index contributed by atoms with van der Waals surface area (Å²) in [5.41, 5.74) is -4.21. The Bertz CT molecular complexity index is 1650. The fraction of sp³-hybridized carbons (Fsp3) is 0.467. The minimum atomic E-state index is -2.36. The number of phenols is 2. The number of halogens is 1. The third kappa shape index (κ3) is 5.81. The largest absolute Gasteiger partial charge is 0.507 e. The molecule has 6 atom stereocenters. The summed E-state index contributed by atoms with van der Waals surface area (Å²) in [7, 11) is 1.29. The molecule has 5 rings (SSSR count). The van der Waals surface area contributed by atoms with E-state index < -0.39 is 102 Å². The number of carbonyl (C=O) groups is 4. The lowest BCUT2D eigenvalue weighted by atomic mass is 9.72. The number of nitroso groups, excluding NO2 is 1. The molecule has 1 saturated heterocycles. The number of benzene rings is 2. The maximum Gasteiger partial charge on any atom is 0.340 e. The molecule has 47 heavy (non-hydrogen) atoms. The van der Waals surface area contributed by atoms with E-state index in [-0.39, 0.29) is 46.8 Å². The molecule has 0 bridgehead atoms. The Morgan fingerprint density at radius 2 is 1.87 bits per heavy atom. The third-order valence-electron chi connectivity index (χ3n) is 8.70. The highest BCUT2D eigenvalue weighted by molar-refractivity contribution is 6.31. The zero-order chi connectivity index (χ0) is 34.4. The Kier molecular flexibility index (Phi) is 9.54. The van der Waals surface area contributed by atoms with Crippen LogP contribution in [-0.2, 0) is 20.7 Å². The third-order valence-corrected chi connectivity index (χ3v) is 8.87. The molecule has 1 aliphatic heterocycles. The average Bonchev–Trinajstić information content (AvgIpc) is 3.05. The minimum Gasteiger partial charge on any atom is -0.507 e. The van der Waals surface area contributed by atoms with Gasteiger partial charge >= 0.3 is 6.03 Å². The standard InChI is InChI=1S/C30H32ClN3O13/c1-12-24(37)15(32-29(42)34(33-44)7-6-31)8-19(46-12)47-17-10-30(43,18(36)11-35)9-14-21(17)28(41)23-22(26(14)39)25(38)13-4-3-5-16(45-2)20(13)27(23)40/h3-5,12,15,17,19,24,35,37,39,41,43H,6-11H2,1-2H3,(H,32,42)/t12?,15?,17-,19?,24?,30+/m0/s1. The fourth-order valence-electron chi connectivity index (χ4n) is 6.35. The average molecular weight is 678 g/mol. The van der Waals surface area contributed by atoms with Crippen LogP contribution in [0.2, 0.25) is 0 Å². The van der Waals surface area contributed by atoms with Crippen LogP contribution in [0.25, 0.3) is 0 Å². The molecule has 2 amide bonds. The number of hydrogen-bond acceptors (Lipinski definition) is 14. The Hall–Kier alpha value is -4.19. The summed E-state index contributed by atoms with van der Waals surface area (Å²) in [6.45, 7) is 0.150. The van der Waals surface area contributed by atoms with Gasteiger partial charge in [0, 0.05) is 41.8 Å². The Labute approximate surface area is 271 Å². The number of phenolic OH excluding ortho intramolecular Hbond substituents is 2. The molecule has 0 saturated carbocycles. The fourth-order valence-corrected chi connectivity index (χ4v) is 6.51. The van der Waals surface area contributed by atoms with Crippen LogP contribution >= 0.6 is 11.6 Å². The lowest BCUT2D eigenvalue weighted by Crippen LogP contribution is -2.57. The molecule has 2 aromatic carbocycles. The van der Waals surface area contributed by atoms with Gasteiger partial charge in [-0.1, -0.05) is 12.1 Å². The SMILES string of the molecule is COc1cccc2c1C(=O)c1c(O)c3c(c(O)c1C2=O)C[C@](O)(C(=O)CO)C[C@@H]3OC1CC(NC(=O)N(CCCl)N=O)C(O)C(C)O1. The van der Waals surface area contributed by atoms with Gasteiger partial charge < -0.3 is 45.1 Å². The van der Waals surface area contributed by atoms with E-state index in [9.17, 15) is 49.6 Å². The van der Waals surface area contributed by atoms with Gasteiger partial charge in [-0.2, -0.15) is 5.01 Å². The van der Waals surface area contributed by atoms with Gasteiger partial charge in [-0.3, -0.25) is 14.4 Å². The molecule has 1 heterocycles. The topological polar surface area (TPSA) is 242 Å². The first-order valence-corrected chi connectivity index (χ1v) is 15.0. The molecule has 0 spiro atoms. The quantitative estimate of drug-likeness (QED) is 0.0802. The first kappa shape index (κ1) is 34.2. The molecular weight excluding hydrogens is 646 g/mol. The van der Waals surface area contributed by atoms with E-state index in [2.05, 4.69) is 10.6 Å². The van der Waals surface area contributed by atoms with Gasteiger partial charge in [-0.25, -0.2) is 4.79 Å². The van der Waals surface area contributed by atoms with Crippen molar-refractivity contribution in [3.05, 3.63) is 56.5 Å². The number of ketones is 3. The van der Waals surface area contributed by atoms with Crippen LogP contribution in [-0.4, -0.2) is 110 Å². The van der Waals surface area contributed by atoms with Gasteiger partial charge in [0.2, 0.25) is 5.78 Å². The summed E-state index contributed by atoms with van der Waals surface area (Å²) < 4.78 is 17.2. The van der Waals surface area contributed by atoms with E-state index >= 15 is 0 Å². The van der Waals surface area contributed by atoms with Crippen molar-refractivity contribution in [1.82, 2.24) is 10.3 Å². The van der Waals surface area contributed by atoms with Gasteiger partial charge in [0.05, 0.1) is 53.9 Å². The number of ether oxygens (including phenoxy) is 3. The number of aliphatic hydroxyl groups excluding tert-OH is 2. The van der Waals surface area contributed by atoms with Crippen molar-refractivity contribution in [2.24, 2.45) is 5.29 Å². The van der Waals surface area contributed by atoms with Crippen molar-refractivity contribution in [1.29, 1.82) is 0 Å². The number of Topliss-reactive ketones (excluding diaryl/α,β-unsaturated/α-hetero) is 1. The van der Waals surface area contributed by atoms with Crippen molar-refractivity contribution in [2.45, 2.75) is 62.4 Å². The molecule has 6 N–H and O–H groups in total. The van der Waals surface area contributed by atoms with Crippen LogP contribution in [0.15, 0.2) is 23.5 Å². The van der Waals surface area contributed by atoms with Gasteiger partial charge in [-0.15, -0.1) is 16.5 Å². The lowest BCUT2D eigenvalue weighted by Gasteiger charge is -2.43. The lowest BCUT2D eigenvalue weighted by molar-refractivity contribution is -0.249. The molecule has 4 unspecified atom stereocenters. The number of rotatable bonds is 9. The number of nitrogens with zero attached hydrogens (tertiary/aromatic N) is 2. The summed E-state index contributed by atoms with van der Waals surface area (Å²) in [6, 6.07) is 2.22. The maximum atomic E-state index is 13.8. The summed E-state index contributed by atoms with van der Waals surface area (Å²) in [5, 5.41) is 60.5. The molecule has 3 aliphatic rings. The van der Waals surface area contributed by atoms with Crippen molar-refractivity contribution in [3.63, 3.8) is 0 Å². The van der Waals surface area contributed by atoms with E-state index in [0.717, 1.165) is 0 Å². The highest BCUT2D eigenvalue weighted by Crippen LogP contribution is 2.52. The molecular formula is C30H32ClN3O13. The number of methoxy groups -OCH3 is 1. The van der Waals surface area contributed by atoms with Crippen molar-refractivity contribution >= 4 is 35.0 Å². The summed E-state index contributed by atoms with van der Waals surface area (Å²) in [5.74, 6) is -4.30. The molecule has 2 aromatic rings. The second-order valence-electron chi connectivity index (χ2n) is 11.4. The van der Waals surface area contributed by atoms with Gasteiger partial charge in [-0.05, 0) is 13.0 Å². The number of aliphatic hydroxyl groups is 3. The molecule has 2 aliphatic carbocycles. The van der Waals surface area contributed by atoms with Gasteiger partial charge in [0.25, 0.3) is 0 Å². The van der Waals surface area contributed by atoms with E-state index in [1.807, 2.05) is 0 Å². The number of nitrogens with one attached hydrogen (secondary N) is 1. The normalized spacial score (nSPS) is 26.5.